The molecule has 0 saturated heterocycles. The number of nitriles is 1. The highest BCUT2D eigenvalue weighted by Crippen LogP contribution is 2.54. The topological polar surface area (TPSA) is 89.6 Å². The Morgan fingerprint density at radius 3 is 1.45 bits per heavy atom. The Morgan fingerprint density at radius 1 is 0.467 bits per heavy atom. The number of pyridine rings is 2. The van der Waals surface area contributed by atoms with Crippen LogP contribution >= 0.6 is 0 Å². The normalized spacial score (nSPS) is 12.0. The van der Waals surface area contributed by atoms with E-state index >= 15 is 0 Å². The zero-order valence-electron chi connectivity index (χ0n) is 31.6. The molecule has 0 spiro atoms. The van der Waals surface area contributed by atoms with Crippen molar-refractivity contribution in [2.45, 2.75) is 0 Å². The fraction of sp³-hybridized carbons (Fsp3) is 0. The van der Waals surface area contributed by atoms with E-state index in [0.717, 1.165) is 104 Å². The number of aromatic nitrogens is 6. The molecule has 0 fully saturated rings. The van der Waals surface area contributed by atoms with E-state index in [-0.39, 0.29) is 0 Å². The van der Waals surface area contributed by atoms with Crippen molar-refractivity contribution in [1.82, 2.24) is 29.1 Å². The Hall–Kier alpha value is -8.72. The molecule has 5 heterocycles. The Bertz CT molecular complexity index is 3620. The maximum Gasteiger partial charge on any atom is 0.220 e. The molecule has 0 aliphatic heterocycles. The summed E-state index contributed by atoms with van der Waals surface area (Å²) < 4.78 is 4.42. The second-order valence-corrected chi connectivity index (χ2v) is 15.2. The average Bonchev–Trinajstić information content (AvgIpc) is 3.84. The summed E-state index contributed by atoms with van der Waals surface area (Å²) in [5, 5.41) is 22.1. The second kappa shape index (κ2) is 11.9. The highest BCUT2D eigenvalue weighted by Gasteiger charge is 2.33. The predicted molar refractivity (Wildman–Crippen MR) is 241 cm³/mol. The largest absolute Gasteiger partial charge is 0.315 e. The first-order valence-corrected chi connectivity index (χ1v) is 19.6. The molecular formula is C52H26N8. The lowest BCUT2D eigenvalue weighted by Crippen LogP contribution is -2.08. The molecule has 60 heavy (non-hydrogen) atoms. The molecule has 0 atom stereocenters. The van der Waals surface area contributed by atoms with Crippen LogP contribution in [0.25, 0.3) is 125 Å². The fourth-order valence-corrected chi connectivity index (χ4v) is 10.1. The van der Waals surface area contributed by atoms with E-state index in [2.05, 4.69) is 92.8 Å². The van der Waals surface area contributed by atoms with E-state index in [4.69, 9.17) is 26.5 Å². The van der Waals surface area contributed by atoms with Crippen LogP contribution < -0.4 is 0 Å². The Morgan fingerprint density at radius 2 is 0.933 bits per heavy atom. The smallest absolute Gasteiger partial charge is 0.220 e. The standard InChI is InChI=1S/C52H26N8/c1-54-50-42(29-12-4-2-5-13-29)35(24-53)51(59-38-20-10-18-33-44(38)45-34(19-11-21-39(45)59)49-48(33)57-22-23-58-49)43(30-14-6-3-7-15-30)52(50)60-40-27-55-25-36-31-16-8-9-17-32(31)37-26-56-28-41(60)47(37)46(36)40/h2-23,25-28H. The van der Waals surface area contributed by atoms with Crippen molar-refractivity contribution in [3.05, 3.63) is 175 Å². The molecule has 8 heteroatoms. The summed E-state index contributed by atoms with van der Waals surface area (Å²) in [4.78, 5) is 23.9. The first-order valence-electron chi connectivity index (χ1n) is 19.6. The fourth-order valence-electron chi connectivity index (χ4n) is 10.1. The van der Waals surface area contributed by atoms with Crippen LogP contribution in [0.5, 0.6) is 0 Å². The number of hydrogen-bond acceptors (Lipinski definition) is 5. The summed E-state index contributed by atoms with van der Waals surface area (Å²) in [6.07, 6.45) is 11.2. The van der Waals surface area contributed by atoms with Crippen LogP contribution in [0.4, 0.5) is 5.69 Å². The van der Waals surface area contributed by atoms with Gasteiger partial charge in [0.05, 0.1) is 69.0 Å². The summed E-state index contributed by atoms with van der Waals surface area (Å²) >= 11 is 0. The minimum absolute atomic E-state index is 0.360. The van der Waals surface area contributed by atoms with Gasteiger partial charge in [-0.3, -0.25) is 19.9 Å². The quantitative estimate of drug-likeness (QED) is 0.132. The van der Waals surface area contributed by atoms with Crippen molar-refractivity contribution in [3.8, 4) is 39.7 Å². The molecule has 8 aromatic carbocycles. The third-order valence-corrected chi connectivity index (χ3v) is 12.3. The highest BCUT2D eigenvalue weighted by atomic mass is 15.1. The van der Waals surface area contributed by atoms with Gasteiger partial charge in [0.15, 0.2) is 0 Å². The third-order valence-electron chi connectivity index (χ3n) is 12.3. The zero-order valence-corrected chi connectivity index (χ0v) is 31.6. The Kier molecular flexibility index (Phi) is 6.42. The van der Waals surface area contributed by atoms with Crippen molar-refractivity contribution in [2.24, 2.45) is 0 Å². The molecule has 5 aromatic heterocycles. The first kappa shape index (κ1) is 32.4. The van der Waals surface area contributed by atoms with Gasteiger partial charge in [-0.1, -0.05) is 109 Å². The van der Waals surface area contributed by atoms with Crippen LogP contribution in [0.15, 0.2) is 159 Å². The van der Waals surface area contributed by atoms with Gasteiger partial charge in [0.1, 0.15) is 6.07 Å². The number of nitrogens with zero attached hydrogens (tertiary/aromatic N) is 8. The van der Waals surface area contributed by atoms with Crippen LogP contribution in [0.3, 0.4) is 0 Å². The highest BCUT2D eigenvalue weighted by molar-refractivity contribution is 6.35. The van der Waals surface area contributed by atoms with E-state index in [0.29, 0.717) is 28.2 Å². The molecule has 0 amide bonds. The molecule has 274 valence electrons. The lowest BCUT2D eigenvalue weighted by atomic mass is 9.88. The van der Waals surface area contributed by atoms with Crippen LogP contribution in [0, 0.1) is 17.9 Å². The molecule has 0 aliphatic carbocycles. The summed E-state index contributed by atoms with van der Waals surface area (Å²) in [6.45, 7) is 9.12. The van der Waals surface area contributed by atoms with E-state index in [9.17, 15) is 5.26 Å². The molecule has 0 saturated carbocycles. The van der Waals surface area contributed by atoms with Crippen molar-refractivity contribution < 1.29 is 0 Å². The predicted octanol–water partition coefficient (Wildman–Crippen LogP) is 12.7. The molecule has 0 aliphatic rings. The van der Waals surface area contributed by atoms with E-state index in [1.54, 1.807) is 12.4 Å². The van der Waals surface area contributed by atoms with Crippen LogP contribution in [0.2, 0.25) is 0 Å². The van der Waals surface area contributed by atoms with Gasteiger partial charge in [0, 0.05) is 79.0 Å². The van der Waals surface area contributed by atoms with Crippen molar-refractivity contribution >= 4 is 92.6 Å². The van der Waals surface area contributed by atoms with Gasteiger partial charge < -0.3 is 9.13 Å². The van der Waals surface area contributed by atoms with Crippen LogP contribution in [0.1, 0.15) is 5.56 Å². The molecule has 0 unspecified atom stereocenters. The van der Waals surface area contributed by atoms with Gasteiger partial charge >= 0.3 is 0 Å². The van der Waals surface area contributed by atoms with E-state index in [1.807, 2.05) is 73.3 Å². The number of rotatable bonds is 4. The Balaban J connectivity index is 1.33. The lowest BCUT2D eigenvalue weighted by Gasteiger charge is -2.25. The minimum atomic E-state index is 0.360. The van der Waals surface area contributed by atoms with Crippen molar-refractivity contribution in [3.63, 3.8) is 0 Å². The summed E-state index contributed by atoms with van der Waals surface area (Å²) in [6, 6.07) is 43.6. The maximum absolute atomic E-state index is 11.7. The lowest BCUT2D eigenvalue weighted by molar-refractivity contribution is 1.13. The van der Waals surface area contributed by atoms with Crippen molar-refractivity contribution in [2.75, 3.05) is 0 Å². The minimum Gasteiger partial charge on any atom is -0.315 e. The van der Waals surface area contributed by atoms with Gasteiger partial charge in [0.25, 0.3) is 0 Å². The monoisotopic (exact) mass is 762 g/mol. The second-order valence-electron chi connectivity index (χ2n) is 15.2. The SMILES string of the molecule is [C-]#[N+]c1c(-c2ccccc2)c(C#N)c(-n2c3cccc4c5nccnc5c5cccc2c5c43)c(-c2ccccc2)c1-n1c2cncc3c4ccccc4c4cncc1c4c32. The number of benzene rings is 8. The van der Waals surface area contributed by atoms with Gasteiger partial charge in [0.2, 0.25) is 5.69 Å². The summed E-state index contributed by atoms with van der Waals surface area (Å²) in [5.41, 5.74) is 10.2. The zero-order chi connectivity index (χ0) is 39.6. The van der Waals surface area contributed by atoms with Crippen LogP contribution in [-0.4, -0.2) is 29.1 Å². The average molecular weight is 763 g/mol. The van der Waals surface area contributed by atoms with E-state index in [1.165, 1.54) is 0 Å². The van der Waals surface area contributed by atoms with Gasteiger partial charge in [-0.05, 0) is 34.0 Å². The van der Waals surface area contributed by atoms with Gasteiger partial charge in [-0.2, -0.15) is 5.26 Å². The summed E-state index contributed by atoms with van der Waals surface area (Å²) in [5.74, 6) is 0. The summed E-state index contributed by atoms with van der Waals surface area (Å²) in [7, 11) is 0. The van der Waals surface area contributed by atoms with Gasteiger partial charge in [-0.15, -0.1) is 0 Å². The molecule has 0 N–H and O–H groups in total. The van der Waals surface area contributed by atoms with Crippen molar-refractivity contribution in [1.29, 1.82) is 5.26 Å². The van der Waals surface area contributed by atoms with Crippen LogP contribution in [-0.2, 0) is 0 Å². The molecule has 13 aromatic rings. The maximum atomic E-state index is 11.7. The Labute approximate surface area is 341 Å². The van der Waals surface area contributed by atoms with E-state index < -0.39 is 0 Å². The molecular weight excluding hydrogens is 737 g/mol. The van der Waals surface area contributed by atoms with Gasteiger partial charge in [-0.25, -0.2) is 4.85 Å². The number of hydrogen-bond donors (Lipinski definition) is 0. The third kappa shape index (κ3) is 4.01. The first-order chi connectivity index (χ1) is 29.8. The molecule has 8 nitrogen and oxygen atoms in total. The molecule has 0 bridgehead atoms. The number of fused-ring (bicyclic) bond motifs is 6. The molecule has 13 rings (SSSR count). The molecule has 0 radical (unpaired) electrons.